The maximum Gasteiger partial charge on any atom is 0.417 e. The fourth-order valence-corrected chi connectivity index (χ4v) is 1.47. The number of rotatable bonds is 3. The van der Waals surface area contributed by atoms with Gasteiger partial charge in [-0.3, -0.25) is 0 Å². The van der Waals surface area contributed by atoms with Crippen LogP contribution in [0.5, 0.6) is 17.4 Å². The summed E-state index contributed by atoms with van der Waals surface area (Å²) in [4.78, 5) is 3.60. The molecule has 4 nitrogen and oxygen atoms in total. The summed E-state index contributed by atoms with van der Waals surface area (Å²) in [6, 6.07) is 6.73. The van der Waals surface area contributed by atoms with Gasteiger partial charge in [0.2, 0.25) is 5.88 Å². The molecule has 0 saturated heterocycles. The molecule has 0 aliphatic carbocycles. The van der Waals surface area contributed by atoms with Crippen molar-refractivity contribution in [1.82, 2.24) is 4.98 Å². The summed E-state index contributed by atoms with van der Waals surface area (Å²) >= 11 is 0. The zero-order chi connectivity index (χ0) is 14.8. The first-order valence-corrected chi connectivity index (χ1v) is 5.55. The van der Waals surface area contributed by atoms with Gasteiger partial charge >= 0.3 is 6.18 Å². The van der Waals surface area contributed by atoms with Gasteiger partial charge in [-0.2, -0.15) is 13.2 Å². The molecule has 0 amide bonds. The molecule has 2 rings (SSSR count). The lowest BCUT2D eigenvalue weighted by Crippen LogP contribution is -2.05. The minimum Gasteiger partial charge on any atom is -0.497 e. The zero-order valence-corrected chi connectivity index (χ0v) is 10.4. The predicted molar refractivity (Wildman–Crippen MR) is 66.7 cm³/mol. The molecule has 0 radical (unpaired) electrons. The third-order valence-corrected chi connectivity index (χ3v) is 2.50. The third-order valence-electron chi connectivity index (χ3n) is 2.50. The van der Waals surface area contributed by atoms with Crippen LogP contribution in [0.4, 0.5) is 18.9 Å². The van der Waals surface area contributed by atoms with Crippen LogP contribution in [0, 0.1) is 0 Å². The molecule has 1 aromatic heterocycles. The van der Waals surface area contributed by atoms with Crippen LogP contribution in [-0.4, -0.2) is 12.1 Å². The first-order chi connectivity index (χ1) is 9.40. The Bertz CT molecular complexity index is 598. The number of nitrogen functional groups attached to an aromatic ring is 1. The van der Waals surface area contributed by atoms with E-state index >= 15 is 0 Å². The number of ether oxygens (including phenoxy) is 2. The molecule has 2 N–H and O–H groups in total. The van der Waals surface area contributed by atoms with Crippen molar-refractivity contribution >= 4 is 5.69 Å². The SMILES string of the molecule is COc1ccc(Oc2ccc(C(F)(F)F)cn2)c(N)c1. The van der Waals surface area contributed by atoms with Crippen molar-refractivity contribution in [3.63, 3.8) is 0 Å². The number of anilines is 1. The van der Waals surface area contributed by atoms with Crippen molar-refractivity contribution in [2.45, 2.75) is 6.18 Å². The summed E-state index contributed by atoms with van der Waals surface area (Å²) in [6.07, 6.45) is -3.72. The third kappa shape index (κ3) is 3.11. The smallest absolute Gasteiger partial charge is 0.417 e. The number of methoxy groups -OCH3 is 1. The van der Waals surface area contributed by atoms with Crippen LogP contribution in [0.3, 0.4) is 0 Å². The number of aromatic nitrogens is 1. The Kier molecular flexibility index (Phi) is 3.69. The van der Waals surface area contributed by atoms with Gasteiger partial charge in [0.25, 0.3) is 0 Å². The van der Waals surface area contributed by atoms with Crippen LogP contribution in [0.1, 0.15) is 5.56 Å². The Hall–Kier alpha value is -2.44. The summed E-state index contributed by atoms with van der Waals surface area (Å²) in [5, 5.41) is 0. The first-order valence-electron chi connectivity index (χ1n) is 5.55. The van der Waals surface area contributed by atoms with E-state index in [-0.39, 0.29) is 11.6 Å². The second-order valence-corrected chi connectivity index (χ2v) is 3.89. The number of alkyl halides is 3. The van der Waals surface area contributed by atoms with Crippen molar-refractivity contribution < 1.29 is 22.6 Å². The van der Waals surface area contributed by atoms with E-state index in [4.69, 9.17) is 15.2 Å². The molecule has 0 atom stereocenters. The number of pyridine rings is 1. The van der Waals surface area contributed by atoms with Gasteiger partial charge < -0.3 is 15.2 Å². The first kappa shape index (κ1) is 14.0. The summed E-state index contributed by atoms with van der Waals surface area (Å²) in [5.74, 6) is 0.864. The molecular weight excluding hydrogens is 273 g/mol. The highest BCUT2D eigenvalue weighted by atomic mass is 19.4. The summed E-state index contributed by atoms with van der Waals surface area (Å²) in [7, 11) is 1.49. The van der Waals surface area contributed by atoms with E-state index < -0.39 is 11.7 Å². The maximum absolute atomic E-state index is 12.4. The minimum absolute atomic E-state index is 0.0230. The van der Waals surface area contributed by atoms with Crippen LogP contribution in [0.15, 0.2) is 36.5 Å². The fourth-order valence-electron chi connectivity index (χ4n) is 1.47. The Morgan fingerprint density at radius 1 is 1.15 bits per heavy atom. The Balaban J connectivity index is 2.18. The standard InChI is InChI=1S/C13H11F3N2O2/c1-19-9-3-4-11(10(17)6-9)20-12-5-2-8(7-18-12)13(14,15)16/h2-7H,17H2,1H3. The second kappa shape index (κ2) is 5.28. The van der Waals surface area contributed by atoms with Gasteiger partial charge in [0.15, 0.2) is 5.75 Å². The van der Waals surface area contributed by atoms with Crippen molar-refractivity contribution in [2.24, 2.45) is 0 Å². The van der Waals surface area contributed by atoms with Crippen molar-refractivity contribution in [2.75, 3.05) is 12.8 Å². The lowest BCUT2D eigenvalue weighted by molar-refractivity contribution is -0.137. The van der Waals surface area contributed by atoms with Gasteiger partial charge in [-0.05, 0) is 18.2 Å². The summed E-state index contributed by atoms with van der Waals surface area (Å²) < 4.78 is 47.4. The van der Waals surface area contributed by atoms with E-state index in [9.17, 15) is 13.2 Å². The quantitative estimate of drug-likeness (QED) is 0.877. The number of nitrogens with two attached hydrogens (primary N) is 1. The second-order valence-electron chi connectivity index (χ2n) is 3.89. The predicted octanol–water partition coefficient (Wildman–Crippen LogP) is 3.48. The molecular formula is C13H11F3N2O2. The average Bonchev–Trinajstić information content (AvgIpc) is 2.40. The lowest BCUT2D eigenvalue weighted by Gasteiger charge is -2.10. The number of hydrogen-bond acceptors (Lipinski definition) is 4. The molecule has 0 aliphatic heterocycles. The van der Waals surface area contributed by atoms with Crippen LogP contribution in [-0.2, 0) is 6.18 Å². The van der Waals surface area contributed by atoms with Gasteiger partial charge in [0.1, 0.15) is 5.75 Å². The van der Waals surface area contributed by atoms with Gasteiger partial charge in [-0.15, -0.1) is 0 Å². The molecule has 7 heteroatoms. The number of halogens is 3. The van der Waals surface area contributed by atoms with Crippen molar-refractivity contribution in [1.29, 1.82) is 0 Å². The largest absolute Gasteiger partial charge is 0.497 e. The Morgan fingerprint density at radius 3 is 2.40 bits per heavy atom. The molecule has 0 aliphatic rings. The number of nitrogens with zero attached hydrogens (tertiary/aromatic N) is 1. The number of hydrogen-bond donors (Lipinski definition) is 1. The van der Waals surface area contributed by atoms with Gasteiger partial charge in [0, 0.05) is 18.3 Å². The lowest BCUT2D eigenvalue weighted by atomic mass is 10.2. The van der Waals surface area contributed by atoms with Crippen LogP contribution >= 0.6 is 0 Å². The van der Waals surface area contributed by atoms with Crippen LogP contribution in [0.25, 0.3) is 0 Å². The van der Waals surface area contributed by atoms with Gasteiger partial charge in [-0.1, -0.05) is 0 Å². The molecule has 1 aromatic carbocycles. The molecule has 2 aromatic rings. The topological polar surface area (TPSA) is 57.4 Å². The monoisotopic (exact) mass is 284 g/mol. The van der Waals surface area contributed by atoms with E-state index in [0.29, 0.717) is 17.6 Å². The molecule has 20 heavy (non-hydrogen) atoms. The Morgan fingerprint density at radius 2 is 1.90 bits per heavy atom. The van der Waals surface area contributed by atoms with E-state index in [1.165, 1.54) is 7.11 Å². The molecule has 106 valence electrons. The molecule has 0 bridgehead atoms. The van der Waals surface area contributed by atoms with Crippen LogP contribution in [0.2, 0.25) is 0 Å². The number of benzene rings is 1. The van der Waals surface area contributed by atoms with E-state index in [2.05, 4.69) is 4.98 Å². The van der Waals surface area contributed by atoms with Gasteiger partial charge in [-0.25, -0.2) is 4.98 Å². The van der Waals surface area contributed by atoms with Gasteiger partial charge in [0.05, 0.1) is 18.4 Å². The maximum atomic E-state index is 12.4. The zero-order valence-electron chi connectivity index (χ0n) is 10.4. The summed E-state index contributed by atoms with van der Waals surface area (Å²) in [6.45, 7) is 0. The van der Waals surface area contributed by atoms with E-state index in [1.807, 2.05) is 0 Å². The van der Waals surface area contributed by atoms with Crippen molar-refractivity contribution in [3.05, 3.63) is 42.1 Å². The molecule has 0 saturated carbocycles. The fraction of sp³-hybridized carbons (Fsp3) is 0.154. The average molecular weight is 284 g/mol. The van der Waals surface area contributed by atoms with E-state index in [1.54, 1.807) is 18.2 Å². The molecule has 0 fully saturated rings. The highest BCUT2D eigenvalue weighted by Crippen LogP contribution is 2.32. The van der Waals surface area contributed by atoms with E-state index in [0.717, 1.165) is 12.1 Å². The molecule has 0 spiro atoms. The molecule has 1 heterocycles. The highest BCUT2D eigenvalue weighted by molar-refractivity contribution is 5.57. The highest BCUT2D eigenvalue weighted by Gasteiger charge is 2.30. The normalized spacial score (nSPS) is 11.2. The Labute approximate surface area is 113 Å². The summed E-state index contributed by atoms with van der Waals surface area (Å²) in [5.41, 5.74) is 5.19. The molecule has 0 unspecified atom stereocenters. The van der Waals surface area contributed by atoms with Crippen LogP contribution < -0.4 is 15.2 Å². The minimum atomic E-state index is -4.43. The van der Waals surface area contributed by atoms with Crippen molar-refractivity contribution in [3.8, 4) is 17.4 Å².